The first-order valence-electron chi connectivity index (χ1n) is 12.3. The second kappa shape index (κ2) is 13.0. The Hall–Kier alpha value is -3.21. The molecular formula is C28H29N3O4S3. The van der Waals surface area contributed by atoms with Crippen LogP contribution in [0.5, 0.6) is 0 Å². The zero-order chi connectivity index (χ0) is 27.1. The van der Waals surface area contributed by atoms with Crippen molar-refractivity contribution in [3.63, 3.8) is 0 Å². The van der Waals surface area contributed by atoms with Gasteiger partial charge in [-0.3, -0.25) is 9.59 Å². The highest BCUT2D eigenvalue weighted by Crippen LogP contribution is 2.38. The summed E-state index contributed by atoms with van der Waals surface area (Å²) in [4.78, 5) is 38.8. The number of thioether (sulfide) groups is 1. The summed E-state index contributed by atoms with van der Waals surface area (Å²) in [6.45, 7) is 1.53. The maximum Gasteiger partial charge on any atom is 0.341 e. The van der Waals surface area contributed by atoms with Gasteiger partial charge in [-0.1, -0.05) is 12.5 Å². The zero-order valence-corrected chi connectivity index (χ0v) is 23.7. The molecule has 0 fully saturated rings. The summed E-state index contributed by atoms with van der Waals surface area (Å²) in [7, 11) is 1.37. The highest BCUT2D eigenvalue weighted by Gasteiger charge is 2.26. The number of methoxy groups -OCH3 is 1. The number of thiocarbonyl (C=S) groups is 1. The molecular weight excluding hydrogens is 539 g/mol. The number of benzene rings is 2. The SMILES string of the molecule is COC(=O)c1c(NC(=O)CSc2cccc(NC(=S)Nc3ccc(C(C)=O)cc3)c2)sc2c1CCCCC2. The van der Waals surface area contributed by atoms with E-state index in [1.54, 1.807) is 24.3 Å². The van der Waals surface area contributed by atoms with Gasteiger partial charge in [-0.25, -0.2) is 4.79 Å². The average Bonchev–Trinajstić information content (AvgIpc) is 3.07. The van der Waals surface area contributed by atoms with Crippen LogP contribution in [0, 0.1) is 0 Å². The maximum atomic E-state index is 12.8. The smallest absolute Gasteiger partial charge is 0.341 e. The van der Waals surface area contributed by atoms with Crippen LogP contribution in [-0.2, 0) is 22.4 Å². The lowest BCUT2D eigenvalue weighted by molar-refractivity contribution is -0.113. The first-order chi connectivity index (χ1) is 18.3. The topological polar surface area (TPSA) is 96.5 Å². The van der Waals surface area contributed by atoms with E-state index in [1.165, 1.54) is 42.0 Å². The van der Waals surface area contributed by atoms with Crippen molar-refractivity contribution in [2.24, 2.45) is 0 Å². The van der Waals surface area contributed by atoms with Crippen LogP contribution in [-0.4, -0.2) is 35.6 Å². The standard InChI is InChI=1S/C28H29N3O4S3/c1-17(32)18-11-13-19(14-12-18)29-28(36)30-20-7-6-8-21(15-20)37-16-24(33)31-26-25(27(34)35-2)22-9-4-3-5-10-23(22)38-26/h6-8,11-15H,3-5,9-10,16H2,1-2H3,(H,31,33)(H2,29,30,36). The minimum absolute atomic E-state index is 0.00840. The number of Topliss-reactive ketones (excluding diaryl/α,β-unsaturated/α-hetero) is 1. The summed E-state index contributed by atoms with van der Waals surface area (Å²) in [5.74, 6) is -0.377. The van der Waals surface area contributed by atoms with Crippen molar-refractivity contribution in [1.29, 1.82) is 0 Å². The molecule has 1 amide bonds. The number of carbonyl (C=O) groups is 3. The Morgan fingerprint density at radius 1 is 0.974 bits per heavy atom. The largest absolute Gasteiger partial charge is 0.465 e. The molecule has 0 saturated heterocycles. The predicted octanol–water partition coefficient (Wildman–Crippen LogP) is 6.55. The fraction of sp³-hybridized carbons (Fsp3) is 0.286. The quantitative estimate of drug-likeness (QED) is 0.0928. The van der Waals surface area contributed by atoms with Crippen LogP contribution in [0.4, 0.5) is 16.4 Å². The van der Waals surface area contributed by atoms with Gasteiger partial charge < -0.3 is 20.7 Å². The van der Waals surface area contributed by atoms with Crippen molar-refractivity contribution in [2.45, 2.75) is 43.9 Å². The van der Waals surface area contributed by atoms with Crippen molar-refractivity contribution in [2.75, 3.05) is 28.8 Å². The lowest BCUT2D eigenvalue weighted by Gasteiger charge is -2.12. The van der Waals surface area contributed by atoms with Crippen LogP contribution in [0.2, 0.25) is 0 Å². The molecule has 1 aromatic heterocycles. The Morgan fingerprint density at radius 3 is 2.45 bits per heavy atom. The van der Waals surface area contributed by atoms with Crippen molar-refractivity contribution in [3.05, 3.63) is 70.1 Å². The summed E-state index contributed by atoms with van der Waals surface area (Å²) < 4.78 is 5.03. The maximum absolute atomic E-state index is 12.8. The van der Waals surface area contributed by atoms with Crippen molar-refractivity contribution in [3.8, 4) is 0 Å². The summed E-state index contributed by atoms with van der Waals surface area (Å²) >= 11 is 8.30. The molecule has 1 heterocycles. The van der Waals surface area contributed by atoms with Crippen LogP contribution >= 0.6 is 35.3 Å². The van der Waals surface area contributed by atoms with Gasteiger partial charge in [-0.2, -0.15) is 0 Å². The molecule has 7 nitrogen and oxygen atoms in total. The molecule has 1 aliphatic rings. The van der Waals surface area contributed by atoms with Gasteiger partial charge >= 0.3 is 5.97 Å². The number of rotatable bonds is 8. The fourth-order valence-corrected chi connectivity index (χ4v) is 6.49. The molecule has 0 atom stereocenters. The van der Waals surface area contributed by atoms with E-state index in [2.05, 4.69) is 16.0 Å². The number of fused-ring (bicyclic) bond motifs is 1. The summed E-state index contributed by atoms with van der Waals surface area (Å²) in [6.07, 6.45) is 5.03. The van der Waals surface area contributed by atoms with Gasteiger partial charge in [-0.05, 0) is 92.9 Å². The molecule has 0 aliphatic heterocycles. The molecule has 2 aromatic carbocycles. The minimum atomic E-state index is -0.398. The van der Waals surface area contributed by atoms with E-state index < -0.39 is 5.97 Å². The molecule has 0 bridgehead atoms. The van der Waals surface area contributed by atoms with Gasteiger partial charge in [0.05, 0.1) is 18.4 Å². The zero-order valence-electron chi connectivity index (χ0n) is 21.2. The van der Waals surface area contributed by atoms with E-state index in [-0.39, 0.29) is 17.4 Å². The second-order valence-corrected chi connectivity index (χ2v) is 11.4. The van der Waals surface area contributed by atoms with Crippen LogP contribution < -0.4 is 16.0 Å². The third-order valence-electron chi connectivity index (χ3n) is 6.07. The van der Waals surface area contributed by atoms with Gasteiger partial charge in [0, 0.05) is 26.7 Å². The van der Waals surface area contributed by atoms with E-state index in [0.29, 0.717) is 21.2 Å². The van der Waals surface area contributed by atoms with Crippen molar-refractivity contribution in [1.82, 2.24) is 0 Å². The first-order valence-corrected chi connectivity index (χ1v) is 14.5. The minimum Gasteiger partial charge on any atom is -0.465 e. The molecule has 4 rings (SSSR count). The summed E-state index contributed by atoms with van der Waals surface area (Å²) in [6, 6.07) is 14.7. The van der Waals surface area contributed by atoms with Crippen LogP contribution in [0.3, 0.4) is 0 Å². The van der Waals surface area contributed by atoms with E-state index in [0.717, 1.165) is 53.9 Å². The molecule has 0 spiro atoms. The number of nitrogens with one attached hydrogen (secondary N) is 3. The van der Waals surface area contributed by atoms with Crippen molar-refractivity contribution < 1.29 is 19.1 Å². The number of ether oxygens (including phenoxy) is 1. The Labute approximate surface area is 235 Å². The number of carbonyl (C=O) groups excluding carboxylic acids is 3. The van der Waals surface area contributed by atoms with Crippen molar-refractivity contribution >= 4 is 74.5 Å². The molecule has 198 valence electrons. The molecule has 1 aliphatic carbocycles. The number of amides is 1. The number of hydrogen-bond donors (Lipinski definition) is 3. The normalized spacial score (nSPS) is 12.6. The Morgan fingerprint density at radius 2 is 1.71 bits per heavy atom. The van der Waals surface area contributed by atoms with E-state index in [9.17, 15) is 14.4 Å². The van der Waals surface area contributed by atoms with Gasteiger partial charge in [0.1, 0.15) is 5.00 Å². The molecule has 0 unspecified atom stereocenters. The van der Waals surface area contributed by atoms with Gasteiger partial charge in [0.25, 0.3) is 0 Å². The number of hydrogen-bond acceptors (Lipinski definition) is 7. The highest BCUT2D eigenvalue weighted by molar-refractivity contribution is 8.00. The molecule has 38 heavy (non-hydrogen) atoms. The van der Waals surface area contributed by atoms with Crippen LogP contribution in [0.15, 0.2) is 53.4 Å². The summed E-state index contributed by atoms with van der Waals surface area (Å²) in [5, 5.41) is 10.2. The molecule has 3 N–H and O–H groups in total. The number of aryl methyl sites for hydroxylation is 1. The highest BCUT2D eigenvalue weighted by atomic mass is 32.2. The predicted molar refractivity (Wildman–Crippen MR) is 159 cm³/mol. The number of ketones is 1. The summed E-state index contributed by atoms with van der Waals surface area (Å²) in [5.41, 5.74) is 3.73. The second-order valence-electron chi connectivity index (χ2n) is 8.84. The van der Waals surface area contributed by atoms with Crippen LogP contribution in [0.25, 0.3) is 0 Å². The third kappa shape index (κ3) is 7.21. The molecule has 10 heteroatoms. The van der Waals surface area contributed by atoms with Gasteiger partial charge in [0.15, 0.2) is 10.9 Å². The van der Waals surface area contributed by atoms with E-state index in [1.807, 2.05) is 24.3 Å². The van der Waals surface area contributed by atoms with Crippen LogP contribution in [0.1, 0.15) is 57.3 Å². The van der Waals surface area contributed by atoms with E-state index >= 15 is 0 Å². The number of esters is 1. The monoisotopic (exact) mass is 567 g/mol. The molecule has 0 saturated carbocycles. The first kappa shape index (κ1) is 27.8. The number of thiophene rings is 1. The third-order valence-corrected chi connectivity index (χ3v) is 8.48. The Kier molecular flexibility index (Phi) is 9.54. The lowest BCUT2D eigenvalue weighted by Crippen LogP contribution is -2.19. The molecule has 3 aromatic rings. The Bertz CT molecular complexity index is 1350. The lowest BCUT2D eigenvalue weighted by atomic mass is 10.1. The Balaban J connectivity index is 1.34. The fourth-order valence-electron chi connectivity index (χ4n) is 4.21. The molecule has 0 radical (unpaired) electrons. The number of anilines is 3. The average molecular weight is 568 g/mol. The van der Waals surface area contributed by atoms with Gasteiger partial charge in [0.2, 0.25) is 5.91 Å². The van der Waals surface area contributed by atoms with E-state index in [4.69, 9.17) is 17.0 Å². The van der Waals surface area contributed by atoms with Gasteiger partial charge in [-0.15, -0.1) is 23.1 Å².